The van der Waals surface area contributed by atoms with Crippen molar-refractivity contribution < 1.29 is 23.5 Å². The number of benzene rings is 4. The number of hydrogen-bond donors (Lipinski definition) is 2. The van der Waals surface area contributed by atoms with Gasteiger partial charge in [0.25, 0.3) is 5.91 Å². The van der Waals surface area contributed by atoms with Gasteiger partial charge in [0.15, 0.2) is 0 Å². The summed E-state index contributed by atoms with van der Waals surface area (Å²) in [5.41, 5.74) is 5.14. The molecule has 0 fully saturated rings. The molecular weight excluding hydrogens is 547 g/mol. The first kappa shape index (κ1) is 29.2. The van der Waals surface area contributed by atoms with E-state index in [-0.39, 0.29) is 24.4 Å². The van der Waals surface area contributed by atoms with Gasteiger partial charge in [-0.3, -0.25) is 4.79 Å². The average molecular weight is 579 g/mol. The van der Waals surface area contributed by atoms with Gasteiger partial charge in [0.2, 0.25) is 5.95 Å². The molecule has 0 aliphatic rings. The smallest absolute Gasteiger partial charge is 0.338 e. The third kappa shape index (κ3) is 6.78. The lowest BCUT2D eigenvalue weighted by Gasteiger charge is -2.16. The van der Waals surface area contributed by atoms with Crippen LogP contribution in [0.4, 0.5) is 21.7 Å². The zero-order valence-corrected chi connectivity index (χ0v) is 24.3. The van der Waals surface area contributed by atoms with Gasteiger partial charge in [-0.1, -0.05) is 24.3 Å². The lowest BCUT2D eigenvalue weighted by molar-refractivity contribution is 0.0526. The maximum absolute atomic E-state index is 14.1. The van der Waals surface area contributed by atoms with E-state index in [9.17, 15) is 14.0 Å². The summed E-state index contributed by atoms with van der Waals surface area (Å²) in [6.07, 6.45) is 1.59. The number of nitrogens with one attached hydrogen (secondary N) is 2. The van der Waals surface area contributed by atoms with Gasteiger partial charge in [-0.05, 0) is 81.8 Å². The lowest BCUT2D eigenvalue weighted by atomic mass is 10.0. The fourth-order valence-corrected chi connectivity index (χ4v) is 4.53. The number of amides is 1. The number of anilines is 3. The van der Waals surface area contributed by atoms with Gasteiger partial charge >= 0.3 is 5.97 Å². The van der Waals surface area contributed by atoms with Gasteiger partial charge in [-0.25, -0.2) is 19.2 Å². The number of para-hydroxylation sites is 1. The highest BCUT2D eigenvalue weighted by Gasteiger charge is 2.15. The van der Waals surface area contributed by atoms with Gasteiger partial charge in [-0.15, -0.1) is 0 Å². The predicted molar refractivity (Wildman–Crippen MR) is 166 cm³/mol. The highest BCUT2D eigenvalue weighted by molar-refractivity contribution is 6.05. The Kier molecular flexibility index (Phi) is 8.61. The highest BCUT2D eigenvalue weighted by atomic mass is 19.1. The molecule has 4 aromatic carbocycles. The van der Waals surface area contributed by atoms with Crippen LogP contribution in [0.3, 0.4) is 0 Å². The van der Waals surface area contributed by atoms with Crippen LogP contribution in [-0.4, -0.2) is 34.6 Å². The minimum atomic E-state index is -0.436. The van der Waals surface area contributed by atoms with Crippen molar-refractivity contribution in [1.29, 1.82) is 0 Å². The Labute approximate surface area is 248 Å². The van der Waals surface area contributed by atoms with Gasteiger partial charge in [0.1, 0.15) is 11.6 Å². The summed E-state index contributed by atoms with van der Waals surface area (Å²) >= 11 is 0. The molecule has 5 rings (SSSR count). The summed E-state index contributed by atoms with van der Waals surface area (Å²) in [6.45, 7) is 7.73. The van der Waals surface area contributed by atoms with Crippen LogP contribution in [0, 0.1) is 12.7 Å². The van der Waals surface area contributed by atoms with Gasteiger partial charge < -0.3 is 20.1 Å². The first-order chi connectivity index (χ1) is 20.7. The van der Waals surface area contributed by atoms with E-state index >= 15 is 0 Å². The van der Waals surface area contributed by atoms with Gasteiger partial charge in [0, 0.05) is 45.7 Å². The molecule has 2 N–H and O–H groups in total. The van der Waals surface area contributed by atoms with Crippen LogP contribution >= 0.6 is 0 Å². The van der Waals surface area contributed by atoms with E-state index in [1.807, 2.05) is 45.0 Å². The average Bonchev–Trinajstić information content (AvgIpc) is 2.98. The Morgan fingerprint density at radius 3 is 2.44 bits per heavy atom. The van der Waals surface area contributed by atoms with Crippen LogP contribution < -0.4 is 15.4 Å². The molecule has 1 aromatic heterocycles. The van der Waals surface area contributed by atoms with Crippen molar-refractivity contribution in [3.63, 3.8) is 0 Å². The standard InChI is InChI=1S/C34H31FN4O4/c1-5-42-33(41)23-12-10-22(11-13-23)32(40)37-26-15-9-21(4)29(18-26)38-34-36-19-24-7-6-8-28(31(24)39-34)27-16-14-25(35)17-30(27)43-20(2)3/h6-20H,5H2,1-4H3,(H,37,40)(H,36,38,39). The summed E-state index contributed by atoms with van der Waals surface area (Å²) in [7, 11) is 0. The number of hydrogen-bond acceptors (Lipinski definition) is 7. The third-order valence-corrected chi connectivity index (χ3v) is 6.61. The number of rotatable bonds is 9. The van der Waals surface area contributed by atoms with E-state index in [0.29, 0.717) is 39.7 Å². The largest absolute Gasteiger partial charge is 0.490 e. The van der Waals surface area contributed by atoms with E-state index in [4.69, 9.17) is 14.5 Å². The van der Waals surface area contributed by atoms with Crippen molar-refractivity contribution in [2.45, 2.75) is 33.8 Å². The SMILES string of the molecule is CCOC(=O)c1ccc(C(=O)Nc2ccc(C)c(Nc3ncc4cccc(-c5ccc(F)cc5OC(C)C)c4n3)c2)cc1. The first-order valence-corrected chi connectivity index (χ1v) is 13.9. The Hall–Kier alpha value is -5.31. The van der Waals surface area contributed by atoms with Crippen LogP contribution in [-0.2, 0) is 4.74 Å². The molecule has 0 atom stereocenters. The molecule has 0 bridgehead atoms. The van der Waals surface area contributed by atoms with Crippen molar-refractivity contribution in [1.82, 2.24) is 9.97 Å². The number of carbonyl (C=O) groups is 2. The zero-order valence-electron chi connectivity index (χ0n) is 24.3. The van der Waals surface area contributed by atoms with Crippen LogP contribution in [0.15, 0.2) is 85.1 Å². The molecular formula is C34H31FN4O4. The maximum Gasteiger partial charge on any atom is 0.338 e. The second kappa shape index (κ2) is 12.7. The van der Waals surface area contributed by atoms with Crippen molar-refractivity contribution >= 4 is 40.1 Å². The van der Waals surface area contributed by atoms with Crippen LogP contribution in [0.5, 0.6) is 5.75 Å². The second-order valence-electron chi connectivity index (χ2n) is 10.2. The molecule has 0 spiro atoms. The number of aromatic nitrogens is 2. The minimum Gasteiger partial charge on any atom is -0.490 e. The number of ether oxygens (including phenoxy) is 2. The molecule has 0 saturated carbocycles. The van der Waals surface area contributed by atoms with E-state index in [1.54, 1.807) is 55.6 Å². The molecule has 1 heterocycles. The first-order valence-electron chi connectivity index (χ1n) is 13.9. The zero-order chi connectivity index (χ0) is 30.5. The molecule has 9 heteroatoms. The Morgan fingerprint density at radius 1 is 0.930 bits per heavy atom. The molecule has 0 saturated heterocycles. The summed E-state index contributed by atoms with van der Waals surface area (Å²) in [6, 6.07) is 22.0. The van der Waals surface area contributed by atoms with Gasteiger partial charge in [0.05, 0.1) is 23.8 Å². The van der Waals surface area contributed by atoms with E-state index in [1.165, 1.54) is 12.1 Å². The van der Waals surface area contributed by atoms with Crippen LogP contribution in [0.25, 0.3) is 22.0 Å². The van der Waals surface area contributed by atoms with Crippen LogP contribution in [0.1, 0.15) is 47.1 Å². The van der Waals surface area contributed by atoms with Gasteiger partial charge in [-0.2, -0.15) is 0 Å². The summed E-state index contributed by atoms with van der Waals surface area (Å²) in [4.78, 5) is 34.1. The number of esters is 1. The van der Waals surface area contributed by atoms with Crippen molar-refractivity contribution in [2.24, 2.45) is 0 Å². The molecule has 43 heavy (non-hydrogen) atoms. The Morgan fingerprint density at radius 2 is 1.70 bits per heavy atom. The van der Waals surface area contributed by atoms with E-state index < -0.39 is 5.97 Å². The Bertz CT molecular complexity index is 1810. The fourth-order valence-electron chi connectivity index (χ4n) is 4.53. The summed E-state index contributed by atoms with van der Waals surface area (Å²) < 4.78 is 25.0. The molecule has 218 valence electrons. The number of fused-ring (bicyclic) bond motifs is 1. The fraction of sp³-hybridized carbons (Fsp3) is 0.176. The van der Waals surface area contributed by atoms with E-state index in [2.05, 4.69) is 15.6 Å². The minimum absolute atomic E-state index is 0.137. The quantitative estimate of drug-likeness (QED) is 0.173. The maximum atomic E-state index is 14.1. The molecule has 8 nitrogen and oxygen atoms in total. The third-order valence-electron chi connectivity index (χ3n) is 6.61. The number of nitrogens with zero attached hydrogens (tertiary/aromatic N) is 2. The molecule has 1 amide bonds. The van der Waals surface area contributed by atoms with Crippen molar-refractivity contribution in [3.8, 4) is 16.9 Å². The molecule has 0 radical (unpaired) electrons. The molecule has 0 unspecified atom stereocenters. The monoisotopic (exact) mass is 578 g/mol. The summed E-state index contributed by atoms with van der Waals surface area (Å²) in [5, 5.41) is 6.97. The topological polar surface area (TPSA) is 102 Å². The van der Waals surface area contributed by atoms with Crippen molar-refractivity contribution in [3.05, 3.63) is 108 Å². The predicted octanol–water partition coefficient (Wildman–Crippen LogP) is 7.70. The Balaban J connectivity index is 1.40. The molecule has 0 aliphatic carbocycles. The lowest BCUT2D eigenvalue weighted by Crippen LogP contribution is -2.13. The number of aryl methyl sites for hydroxylation is 1. The van der Waals surface area contributed by atoms with Crippen LogP contribution in [0.2, 0.25) is 0 Å². The normalized spacial score (nSPS) is 10.9. The second-order valence-corrected chi connectivity index (χ2v) is 10.2. The van der Waals surface area contributed by atoms with E-state index in [0.717, 1.165) is 22.1 Å². The summed E-state index contributed by atoms with van der Waals surface area (Å²) in [5.74, 6) is -0.350. The number of carbonyl (C=O) groups excluding carboxylic acids is 2. The number of halogens is 1. The van der Waals surface area contributed by atoms with Crippen molar-refractivity contribution in [2.75, 3.05) is 17.2 Å². The molecule has 5 aromatic rings. The molecule has 0 aliphatic heterocycles. The highest BCUT2D eigenvalue weighted by Crippen LogP contribution is 2.36.